The summed E-state index contributed by atoms with van der Waals surface area (Å²) in [5.74, 6) is 0. The normalized spacial score (nSPS) is 8.45. The van der Waals surface area contributed by atoms with E-state index in [-0.39, 0.29) is 103 Å². The third-order valence-electron chi connectivity index (χ3n) is 0. The van der Waals surface area contributed by atoms with Crippen molar-refractivity contribution in [2.24, 2.45) is 0 Å². The van der Waals surface area contributed by atoms with Gasteiger partial charge in [0.15, 0.2) is 0 Å². The Morgan fingerprint density at radius 1 is 0.909 bits per heavy atom. The van der Waals surface area contributed by atoms with Gasteiger partial charge in [-0.1, -0.05) is 0 Å². The zero-order valence-electron chi connectivity index (χ0n) is 5.61. The maximum atomic E-state index is 8.58. The van der Waals surface area contributed by atoms with E-state index in [9.17, 15) is 0 Å². The van der Waals surface area contributed by atoms with Gasteiger partial charge in [0.05, 0.1) is 0 Å². The van der Waals surface area contributed by atoms with Crippen LogP contribution in [-0.2, 0) is 24.5 Å². The van der Waals surface area contributed by atoms with Crippen molar-refractivity contribution in [2.45, 2.75) is 0 Å². The van der Waals surface area contributed by atoms with E-state index in [4.69, 9.17) is 26.0 Å². The van der Waals surface area contributed by atoms with Crippen molar-refractivity contribution in [3.8, 4) is 0 Å². The number of halogens is 1. The zero-order chi connectivity index (χ0) is 8.08. The molecule has 0 aliphatic carbocycles. The van der Waals surface area contributed by atoms with Crippen LogP contribution in [0.1, 0.15) is 0 Å². The van der Waals surface area contributed by atoms with Crippen LogP contribution < -0.4 is 138 Å². The molecule has 0 saturated heterocycles. The monoisotopic (exact) mass is 372 g/mol. The standard InChI is InChI=1S/IO3.2K.Mn.4O/c2-1(3)4;;;;;;;/q-1;2*+1;;;;;-1. The third-order valence-corrected chi connectivity index (χ3v) is 0. The molecule has 0 N–H and O–H groups in total. The van der Waals surface area contributed by atoms with Crippen LogP contribution in [0.4, 0.5) is 0 Å². The molecule has 0 atom stereocenters. The molecule has 0 heterocycles. The number of rotatable bonds is 0. The van der Waals surface area contributed by atoms with E-state index in [2.05, 4.69) is 0 Å². The summed E-state index contributed by atoms with van der Waals surface area (Å²) < 4.78 is 60.0. The van der Waals surface area contributed by atoms with Crippen LogP contribution in [0.25, 0.3) is 0 Å². The second kappa shape index (κ2) is 13.8. The Balaban J connectivity index is -0.0000000383. The first-order valence-electron chi connectivity index (χ1n) is 1.08. The average Bonchev–Trinajstić information content (AvgIpc) is 1.19. The topological polar surface area (TPSA) is 143 Å². The van der Waals surface area contributed by atoms with Gasteiger partial charge in [-0.15, -0.1) is 0 Å². The van der Waals surface area contributed by atoms with E-state index in [1.165, 1.54) is 0 Å². The van der Waals surface area contributed by atoms with Crippen molar-refractivity contribution < 1.29 is 163 Å². The summed E-state index contributed by atoms with van der Waals surface area (Å²) >= 11 is -9.64. The van der Waals surface area contributed by atoms with Gasteiger partial charge in [-0.3, -0.25) is 0 Å². The van der Waals surface area contributed by atoms with Crippen LogP contribution in [0.2, 0.25) is 0 Å². The minimum atomic E-state index is -5.62. The van der Waals surface area contributed by atoms with Gasteiger partial charge in [0.2, 0.25) is 0 Å². The van der Waals surface area contributed by atoms with E-state index in [1.807, 2.05) is 0 Å². The van der Waals surface area contributed by atoms with Gasteiger partial charge in [-0.25, -0.2) is 0 Å². The number of hydrogen-bond acceptors (Lipinski definition) is 7. The van der Waals surface area contributed by atoms with Crippen molar-refractivity contribution in [3.63, 3.8) is 0 Å². The van der Waals surface area contributed by atoms with Crippen molar-refractivity contribution >= 4 is 0 Å². The Labute approximate surface area is 158 Å². The van der Waals surface area contributed by atoms with Crippen molar-refractivity contribution in [1.82, 2.24) is 0 Å². The van der Waals surface area contributed by atoms with Gasteiger partial charge in [0.1, 0.15) is 0 Å². The first-order chi connectivity index (χ1) is 3.73. The molecule has 0 aromatic heterocycles. The van der Waals surface area contributed by atoms with Gasteiger partial charge in [0, 0.05) is 0 Å². The van der Waals surface area contributed by atoms with E-state index >= 15 is 0 Å². The molecule has 0 saturated carbocycles. The molecule has 0 rings (SSSR count). The second-order valence-corrected chi connectivity index (χ2v) is 2.83. The van der Waals surface area contributed by atoms with Gasteiger partial charge >= 0.3 is 131 Å². The number of hydrogen-bond donors (Lipinski definition) is 0. The van der Waals surface area contributed by atoms with E-state index in [1.54, 1.807) is 0 Å². The summed E-state index contributed by atoms with van der Waals surface area (Å²) in [7, 11) is 0. The first kappa shape index (κ1) is 24.1. The second-order valence-electron chi connectivity index (χ2n) is 0.567. The Morgan fingerprint density at radius 2 is 0.909 bits per heavy atom. The van der Waals surface area contributed by atoms with Crippen LogP contribution >= 0.6 is 0 Å². The average molecular weight is 372 g/mol. The summed E-state index contributed by atoms with van der Waals surface area (Å²) in [6, 6.07) is 0. The summed E-state index contributed by atoms with van der Waals surface area (Å²) in [5, 5.41) is 0. The minimum absolute atomic E-state index is 0. The molecule has 0 aromatic rings. The van der Waals surface area contributed by atoms with E-state index < -0.39 is 34.0 Å². The maximum absolute atomic E-state index is 8.58. The summed E-state index contributed by atoms with van der Waals surface area (Å²) in [6.07, 6.45) is 0. The van der Waals surface area contributed by atoms with Crippen LogP contribution in [0.15, 0.2) is 0 Å². The van der Waals surface area contributed by atoms with Gasteiger partial charge in [0.25, 0.3) is 21.1 Å². The fourth-order valence-corrected chi connectivity index (χ4v) is 0. The summed E-state index contributed by atoms with van der Waals surface area (Å²) in [4.78, 5) is 0. The Hall–Kier alpha value is 3.76. The molecule has 0 bridgehead atoms. The summed E-state index contributed by atoms with van der Waals surface area (Å²) in [6.45, 7) is 0. The molecule has 0 aliphatic heterocycles. The molecule has 0 aliphatic rings. The molecule has 7 nitrogen and oxygen atoms in total. The van der Waals surface area contributed by atoms with E-state index in [0.717, 1.165) is 0 Å². The Bertz CT molecular complexity index is 168. The van der Waals surface area contributed by atoms with Crippen molar-refractivity contribution in [2.75, 3.05) is 0 Å². The van der Waals surface area contributed by atoms with Crippen LogP contribution in [0.3, 0.4) is 0 Å². The predicted molar refractivity (Wildman–Crippen MR) is 2.06 cm³/mol. The molecule has 0 spiro atoms. The Kier molecular flexibility index (Phi) is 30.2. The van der Waals surface area contributed by atoms with Crippen LogP contribution in [0.5, 0.6) is 0 Å². The van der Waals surface area contributed by atoms with Crippen LogP contribution in [0, 0.1) is 0 Å². The molecule has 0 fully saturated rings. The molecule has 11 heavy (non-hydrogen) atoms. The molecule has 0 radical (unpaired) electrons. The quantitative estimate of drug-likeness (QED) is 0.303. The molecular formula is IK2MnO7. The van der Waals surface area contributed by atoms with E-state index in [0.29, 0.717) is 0 Å². The molecular weight excluding hydrogens is 372 g/mol. The first-order valence-corrected chi connectivity index (χ1v) is 5.65. The van der Waals surface area contributed by atoms with Gasteiger partial charge in [-0.2, -0.15) is 0 Å². The SMILES string of the molecule is [K+].[K+].[O-][I+2]([O-])[O-].[O]=[Mn](=[O])(=[O])[O-]. The van der Waals surface area contributed by atoms with Gasteiger partial charge < -0.3 is 10.3 Å². The molecule has 0 unspecified atom stereocenters. The molecule has 11 heteroatoms. The van der Waals surface area contributed by atoms with Gasteiger partial charge in [-0.05, 0) is 0 Å². The Morgan fingerprint density at radius 3 is 0.909 bits per heavy atom. The third kappa shape index (κ3) is 135. The van der Waals surface area contributed by atoms with Crippen molar-refractivity contribution in [3.05, 3.63) is 0 Å². The predicted octanol–water partition coefficient (Wildman–Crippen LogP) is -14.1. The molecule has 0 aromatic carbocycles. The zero-order valence-corrected chi connectivity index (χ0v) is 15.2. The van der Waals surface area contributed by atoms with Crippen LogP contribution in [-0.4, -0.2) is 0 Å². The fourth-order valence-electron chi connectivity index (χ4n) is 0. The summed E-state index contributed by atoms with van der Waals surface area (Å²) in [5.41, 5.74) is 0. The molecule has 0 amide bonds. The van der Waals surface area contributed by atoms with Crippen molar-refractivity contribution in [1.29, 1.82) is 0 Å². The molecule has 58 valence electrons. The fraction of sp³-hybridized carbons (Fsp3) is 0.